The number of aryl methyl sites for hydroxylation is 1. The third kappa shape index (κ3) is 2.61. The Bertz CT molecular complexity index is 523. The number of nitriles is 1. The van der Waals surface area contributed by atoms with E-state index in [0.717, 1.165) is 17.8 Å². The van der Waals surface area contributed by atoms with Crippen molar-refractivity contribution in [1.82, 2.24) is 14.8 Å². The van der Waals surface area contributed by atoms with Gasteiger partial charge in [0.1, 0.15) is 6.07 Å². The molecule has 2 fully saturated rings. The van der Waals surface area contributed by atoms with Crippen molar-refractivity contribution < 1.29 is 0 Å². The minimum atomic E-state index is 0.521. The molecule has 0 unspecified atom stereocenters. The van der Waals surface area contributed by atoms with Gasteiger partial charge >= 0.3 is 0 Å². The predicted molar refractivity (Wildman–Crippen MR) is 79.3 cm³/mol. The Morgan fingerprint density at radius 1 is 1.35 bits per heavy atom. The number of aromatic nitrogens is 1. The average molecular weight is 272 g/mol. The molecular formula is C16H24N4. The lowest BCUT2D eigenvalue weighted by Crippen LogP contribution is -2.44. The molecule has 2 aliphatic heterocycles. The van der Waals surface area contributed by atoms with Crippen LogP contribution in [0.5, 0.6) is 0 Å². The van der Waals surface area contributed by atoms with E-state index in [4.69, 9.17) is 5.26 Å². The number of aromatic amines is 1. The summed E-state index contributed by atoms with van der Waals surface area (Å²) in [6, 6.07) is 4.26. The fraction of sp³-hybridized carbons (Fsp3) is 0.688. The Balaban J connectivity index is 1.67. The second-order valence-electron chi connectivity index (χ2n) is 6.75. The van der Waals surface area contributed by atoms with E-state index in [0.29, 0.717) is 5.41 Å². The van der Waals surface area contributed by atoms with E-state index < -0.39 is 0 Å². The van der Waals surface area contributed by atoms with Crippen LogP contribution in [0.3, 0.4) is 0 Å². The summed E-state index contributed by atoms with van der Waals surface area (Å²) in [7, 11) is 2.24. The molecule has 2 aliphatic rings. The van der Waals surface area contributed by atoms with E-state index in [1.54, 1.807) is 0 Å². The smallest absolute Gasteiger partial charge is 0.101 e. The molecule has 4 heteroatoms. The molecule has 0 amide bonds. The molecule has 2 saturated heterocycles. The van der Waals surface area contributed by atoms with E-state index in [1.807, 2.05) is 13.0 Å². The molecule has 1 aromatic rings. The Labute approximate surface area is 121 Å². The molecule has 4 nitrogen and oxygen atoms in total. The molecule has 1 atom stereocenters. The zero-order valence-corrected chi connectivity index (χ0v) is 12.6. The largest absolute Gasteiger partial charge is 0.360 e. The van der Waals surface area contributed by atoms with Crippen molar-refractivity contribution in [2.75, 3.05) is 33.2 Å². The van der Waals surface area contributed by atoms with Crippen LogP contribution in [-0.2, 0) is 6.54 Å². The molecule has 0 bridgehead atoms. The Kier molecular flexibility index (Phi) is 3.57. The molecule has 108 valence electrons. The maximum Gasteiger partial charge on any atom is 0.101 e. The first kappa shape index (κ1) is 13.7. The minimum Gasteiger partial charge on any atom is -0.360 e. The van der Waals surface area contributed by atoms with Crippen LogP contribution in [0, 0.1) is 23.7 Å². The van der Waals surface area contributed by atoms with Crippen molar-refractivity contribution in [3.8, 4) is 6.07 Å². The summed E-state index contributed by atoms with van der Waals surface area (Å²) in [6.07, 6.45) is 4.02. The van der Waals surface area contributed by atoms with Crippen LogP contribution in [0.2, 0.25) is 0 Å². The van der Waals surface area contributed by atoms with Crippen molar-refractivity contribution in [2.45, 2.75) is 32.7 Å². The Morgan fingerprint density at radius 2 is 2.20 bits per heavy atom. The minimum absolute atomic E-state index is 0.521. The SMILES string of the molecule is Cc1[nH]c(CN2CCC[C@]3(CCN(C)C3)C2)cc1C#N. The molecular weight excluding hydrogens is 248 g/mol. The van der Waals surface area contributed by atoms with E-state index in [2.05, 4.69) is 27.9 Å². The highest BCUT2D eigenvalue weighted by Gasteiger charge is 2.40. The number of likely N-dealkylation sites (tertiary alicyclic amines) is 2. The molecule has 0 radical (unpaired) electrons. The average Bonchev–Trinajstić information content (AvgIpc) is 2.93. The quantitative estimate of drug-likeness (QED) is 0.897. The monoisotopic (exact) mass is 272 g/mol. The number of nitrogens with one attached hydrogen (secondary N) is 1. The molecule has 0 aromatic carbocycles. The van der Waals surface area contributed by atoms with Crippen molar-refractivity contribution in [2.24, 2.45) is 5.41 Å². The molecule has 1 aromatic heterocycles. The van der Waals surface area contributed by atoms with Crippen molar-refractivity contribution in [3.05, 3.63) is 23.0 Å². The van der Waals surface area contributed by atoms with Gasteiger partial charge in [0.15, 0.2) is 0 Å². The topological polar surface area (TPSA) is 46.1 Å². The number of nitrogens with zero attached hydrogens (tertiary/aromatic N) is 3. The zero-order chi connectivity index (χ0) is 14.2. The van der Waals surface area contributed by atoms with Gasteiger partial charge in [0.05, 0.1) is 5.56 Å². The first-order chi connectivity index (χ1) is 9.60. The Hall–Kier alpha value is -1.31. The van der Waals surface area contributed by atoms with Gasteiger partial charge in [-0.3, -0.25) is 4.90 Å². The summed E-state index contributed by atoms with van der Waals surface area (Å²) in [5.74, 6) is 0. The van der Waals surface area contributed by atoms with Crippen molar-refractivity contribution in [3.63, 3.8) is 0 Å². The van der Waals surface area contributed by atoms with Gasteiger partial charge in [-0.15, -0.1) is 0 Å². The van der Waals surface area contributed by atoms with E-state index in [-0.39, 0.29) is 0 Å². The third-order valence-corrected chi connectivity index (χ3v) is 4.95. The first-order valence-electron chi connectivity index (χ1n) is 7.60. The lowest BCUT2D eigenvalue weighted by Gasteiger charge is -2.40. The summed E-state index contributed by atoms with van der Waals surface area (Å²) in [5, 5.41) is 9.05. The summed E-state index contributed by atoms with van der Waals surface area (Å²) >= 11 is 0. The predicted octanol–water partition coefficient (Wildman–Crippen LogP) is 2.11. The molecule has 3 heterocycles. The van der Waals surface area contributed by atoms with Gasteiger partial charge in [-0.2, -0.15) is 5.26 Å². The fourth-order valence-corrected chi connectivity index (χ4v) is 4.01. The van der Waals surface area contributed by atoms with Gasteiger partial charge < -0.3 is 9.88 Å². The van der Waals surface area contributed by atoms with Gasteiger partial charge in [0.2, 0.25) is 0 Å². The molecule has 1 spiro atoms. The van der Waals surface area contributed by atoms with Crippen LogP contribution in [0.25, 0.3) is 0 Å². The van der Waals surface area contributed by atoms with E-state index >= 15 is 0 Å². The Morgan fingerprint density at radius 3 is 2.85 bits per heavy atom. The number of piperidine rings is 1. The number of H-pyrrole nitrogens is 1. The van der Waals surface area contributed by atoms with Gasteiger partial charge in [-0.05, 0) is 57.8 Å². The number of hydrogen-bond acceptors (Lipinski definition) is 3. The summed E-state index contributed by atoms with van der Waals surface area (Å²) < 4.78 is 0. The van der Waals surface area contributed by atoms with E-state index in [9.17, 15) is 0 Å². The highest BCUT2D eigenvalue weighted by Crippen LogP contribution is 2.38. The fourth-order valence-electron chi connectivity index (χ4n) is 4.01. The second-order valence-corrected chi connectivity index (χ2v) is 6.75. The lowest BCUT2D eigenvalue weighted by molar-refractivity contribution is 0.0891. The van der Waals surface area contributed by atoms with Gasteiger partial charge in [0.25, 0.3) is 0 Å². The standard InChI is InChI=1S/C16H24N4/c1-13-14(9-17)8-15(18-13)10-20-6-3-4-16(12-20)5-7-19(2)11-16/h8,18H,3-7,10-12H2,1-2H3/t16-/m1/s1. The maximum atomic E-state index is 9.05. The molecule has 20 heavy (non-hydrogen) atoms. The van der Waals surface area contributed by atoms with Crippen LogP contribution < -0.4 is 0 Å². The maximum absolute atomic E-state index is 9.05. The zero-order valence-electron chi connectivity index (χ0n) is 12.6. The van der Waals surface area contributed by atoms with Crippen LogP contribution in [0.15, 0.2) is 6.07 Å². The molecule has 3 rings (SSSR count). The van der Waals surface area contributed by atoms with Crippen LogP contribution in [-0.4, -0.2) is 48.0 Å². The lowest BCUT2D eigenvalue weighted by atomic mass is 9.79. The van der Waals surface area contributed by atoms with Crippen LogP contribution in [0.4, 0.5) is 0 Å². The van der Waals surface area contributed by atoms with Crippen molar-refractivity contribution >= 4 is 0 Å². The molecule has 1 N–H and O–H groups in total. The highest BCUT2D eigenvalue weighted by atomic mass is 15.2. The normalized spacial score (nSPS) is 28.1. The van der Waals surface area contributed by atoms with E-state index in [1.165, 1.54) is 51.1 Å². The highest BCUT2D eigenvalue weighted by molar-refractivity contribution is 5.35. The van der Waals surface area contributed by atoms with Crippen LogP contribution in [0.1, 0.15) is 36.2 Å². The first-order valence-corrected chi connectivity index (χ1v) is 7.60. The summed E-state index contributed by atoms with van der Waals surface area (Å²) in [6.45, 7) is 7.81. The summed E-state index contributed by atoms with van der Waals surface area (Å²) in [4.78, 5) is 8.39. The van der Waals surface area contributed by atoms with Crippen molar-refractivity contribution in [1.29, 1.82) is 5.26 Å². The number of rotatable bonds is 2. The van der Waals surface area contributed by atoms with Gasteiger partial charge in [-0.25, -0.2) is 0 Å². The molecule has 0 aliphatic carbocycles. The van der Waals surface area contributed by atoms with Gasteiger partial charge in [0, 0.05) is 31.0 Å². The summed E-state index contributed by atoms with van der Waals surface area (Å²) in [5.41, 5.74) is 3.48. The van der Waals surface area contributed by atoms with Gasteiger partial charge in [-0.1, -0.05) is 0 Å². The second kappa shape index (κ2) is 5.23. The number of hydrogen-bond donors (Lipinski definition) is 1. The van der Waals surface area contributed by atoms with Crippen LogP contribution >= 0.6 is 0 Å². The molecule has 0 saturated carbocycles. The third-order valence-electron chi connectivity index (χ3n) is 4.95.